The molecule has 1 atom stereocenters. The predicted molar refractivity (Wildman–Crippen MR) is 64.1 cm³/mol. The summed E-state index contributed by atoms with van der Waals surface area (Å²) in [6, 6.07) is 0. The van der Waals surface area contributed by atoms with E-state index in [0.717, 1.165) is 50.7 Å². The van der Waals surface area contributed by atoms with Crippen LogP contribution in [0, 0.1) is 0 Å². The summed E-state index contributed by atoms with van der Waals surface area (Å²) in [6.07, 6.45) is 6.42. The van der Waals surface area contributed by atoms with Gasteiger partial charge in [-0.2, -0.15) is 0 Å². The number of oxazole rings is 1. The number of nitrogens with one attached hydrogen (secondary N) is 1. The molecular formula is C13H20N2O2. The Labute approximate surface area is 102 Å². The minimum Gasteiger partial charge on any atom is -0.448 e. The van der Waals surface area contributed by atoms with Crippen LogP contribution in [0.5, 0.6) is 0 Å². The average Bonchev–Trinajstić information content (AvgIpc) is 2.90. The number of piperidine rings is 1. The first-order valence-electron chi connectivity index (χ1n) is 6.67. The predicted octanol–water partition coefficient (Wildman–Crippen LogP) is 2.04. The zero-order valence-electron chi connectivity index (χ0n) is 10.2. The molecule has 1 aromatic heterocycles. The van der Waals surface area contributed by atoms with Gasteiger partial charge in [0.2, 0.25) is 0 Å². The molecule has 0 saturated carbocycles. The Balaban J connectivity index is 1.68. The molecule has 2 fully saturated rings. The number of rotatable bonds is 2. The normalized spacial score (nSPS) is 27.2. The van der Waals surface area contributed by atoms with E-state index in [-0.39, 0.29) is 0 Å². The van der Waals surface area contributed by atoms with E-state index in [0.29, 0.717) is 11.8 Å². The molecule has 94 valence electrons. The van der Waals surface area contributed by atoms with Crippen molar-refractivity contribution >= 4 is 0 Å². The minimum absolute atomic E-state index is 0.467. The van der Waals surface area contributed by atoms with Gasteiger partial charge >= 0.3 is 0 Å². The lowest BCUT2D eigenvalue weighted by Gasteiger charge is -2.21. The van der Waals surface area contributed by atoms with Crippen molar-refractivity contribution in [3.63, 3.8) is 0 Å². The molecule has 4 heteroatoms. The molecule has 3 heterocycles. The number of ether oxygens (including phenoxy) is 1. The van der Waals surface area contributed by atoms with E-state index in [9.17, 15) is 0 Å². The average molecular weight is 236 g/mol. The maximum atomic E-state index is 5.66. The summed E-state index contributed by atoms with van der Waals surface area (Å²) in [7, 11) is 0. The lowest BCUT2D eigenvalue weighted by atomic mass is 9.96. The van der Waals surface area contributed by atoms with Crippen LogP contribution in [0.2, 0.25) is 0 Å². The maximum Gasteiger partial charge on any atom is 0.197 e. The van der Waals surface area contributed by atoms with E-state index in [1.165, 1.54) is 12.8 Å². The first kappa shape index (κ1) is 11.2. The zero-order chi connectivity index (χ0) is 11.5. The van der Waals surface area contributed by atoms with Crippen LogP contribution in [0.4, 0.5) is 0 Å². The number of hydrogen-bond acceptors (Lipinski definition) is 4. The van der Waals surface area contributed by atoms with Gasteiger partial charge in [0.25, 0.3) is 0 Å². The summed E-state index contributed by atoms with van der Waals surface area (Å²) in [5.74, 6) is 1.93. The number of aromatic nitrogens is 1. The molecule has 2 aliphatic rings. The molecule has 4 nitrogen and oxygen atoms in total. The first-order valence-corrected chi connectivity index (χ1v) is 6.67. The minimum atomic E-state index is 0.467. The molecule has 0 amide bonds. The molecule has 0 aliphatic carbocycles. The largest absolute Gasteiger partial charge is 0.448 e. The van der Waals surface area contributed by atoms with Crippen LogP contribution in [0.25, 0.3) is 0 Å². The summed E-state index contributed by atoms with van der Waals surface area (Å²) in [5.41, 5.74) is 1.14. The van der Waals surface area contributed by atoms with Gasteiger partial charge in [0.1, 0.15) is 6.26 Å². The second kappa shape index (κ2) is 5.19. The smallest absolute Gasteiger partial charge is 0.197 e. The lowest BCUT2D eigenvalue weighted by Crippen LogP contribution is -2.28. The highest BCUT2D eigenvalue weighted by Gasteiger charge is 2.24. The Kier molecular flexibility index (Phi) is 3.43. The molecule has 0 bridgehead atoms. The standard InChI is InChI=1S/C13H20N2O2/c1-2-11(8-14-5-1)12-9-17-13(15-12)10-3-6-16-7-4-10/h9-11,14H,1-8H2. The Morgan fingerprint density at radius 1 is 1.18 bits per heavy atom. The molecule has 17 heavy (non-hydrogen) atoms. The highest BCUT2D eigenvalue weighted by atomic mass is 16.5. The van der Waals surface area contributed by atoms with Gasteiger partial charge in [-0.3, -0.25) is 0 Å². The molecule has 1 unspecified atom stereocenters. The van der Waals surface area contributed by atoms with E-state index in [1.807, 2.05) is 6.26 Å². The van der Waals surface area contributed by atoms with Gasteiger partial charge in [-0.05, 0) is 32.2 Å². The molecular weight excluding hydrogens is 216 g/mol. The second-order valence-electron chi connectivity index (χ2n) is 5.04. The summed E-state index contributed by atoms with van der Waals surface area (Å²) in [4.78, 5) is 4.70. The van der Waals surface area contributed by atoms with Crippen molar-refractivity contribution in [3.8, 4) is 0 Å². The maximum absolute atomic E-state index is 5.66. The van der Waals surface area contributed by atoms with Gasteiger partial charge in [0.05, 0.1) is 5.69 Å². The Bertz CT molecular complexity index is 320. The van der Waals surface area contributed by atoms with E-state index < -0.39 is 0 Å². The van der Waals surface area contributed by atoms with Crippen molar-refractivity contribution in [1.82, 2.24) is 10.3 Å². The van der Waals surface area contributed by atoms with Crippen LogP contribution < -0.4 is 5.32 Å². The van der Waals surface area contributed by atoms with Crippen molar-refractivity contribution in [2.75, 3.05) is 26.3 Å². The van der Waals surface area contributed by atoms with Crippen molar-refractivity contribution in [2.24, 2.45) is 0 Å². The molecule has 2 aliphatic heterocycles. The fourth-order valence-electron chi connectivity index (χ4n) is 2.72. The van der Waals surface area contributed by atoms with E-state index in [4.69, 9.17) is 14.1 Å². The van der Waals surface area contributed by atoms with Gasteiger partial charge in [0.15, 0.2) is 5.89 Å². The number of nitrogens with zero attached hydrogens (tertiary/aromatic N) is 1. The Morgan fingerprint density at radius 2 is 2.06 bits per heavy atom. The topological polar surface area (TPSA) is 47.3 Å². The van der Waals surface area contributed by atoms with E-state index in [1.54, 1.807) is 0 Å². The molecule has 2 saturated heterocycles. The van der Waals surface area contributed by atoms with Crippen molar-refractivity contribution in [1.29, 1.82) is 0 Å². The first-order chi connectivity index (χ1) is 8.43. The van der Waals surface area contributed by atoms with Gasteiger partial charge in [-0.25, -0.2) is 4.98 Å². The second-order valence-corrected chi connectivity index (χ2v) is 5.04. The van der Waals surface area contributed by atoms with Crippen molar-refractivity contribution in [2.45, 2.75) is 37.5 Å². The van der Waals surface area contributed by atoms with Gasteiger partial charge in [0, 0.05) is 31.6 Å². The highest BCUT2D eigenvalue weighted by Crippen LogP contribution is 2.29. The van der Waals surface area contributed by atoms with Crippen LogP contribution in [0.1, 0.15) is 49.1 Å². The fourth-order valence-corrected chi connectivity index (χ4v) is 2.72. The Morgan fingerprint density at radius 3 is 2.82 bits per heavy atom. The van der Waals surface area contributed by atoms with Crippen LogP contribution in [-0.2, 0) is 4.74 Å². The summed E-state index contributed by atoms with van der Waals surface area (Å²) >= 11 is 0. The van der Waals surface area contributed by atoms with E-state index in [2.05, 4.69) is 5.32 Å². The van der Waals surface area contributed by atoms with Crippen LogP contribution in [0.15, 0.2) is 10.7 Å². The molecule has 1 aromatic rings. The van der Waals surface area contributed by atoms with Gasteiger partial charge in [-0.15, -0.1) is 0 Å². The molecule has 1 N–H and O–H groups in total. The molecule has 3 rings (SSSR count). The quantitative estimate of drug-likeness (QED) is 0.853. The third kappa shape index (κ3) is 2.53. The number of hydrogen-bond donors (Lipinski definition) is 1. The van der Waals surface area contributed by atoms with Gasteiger partial charge < -0.3 is 14.5 Å². The van der Waals surface area contributed by atoms with Crippen LogP contribution in [0.3, 0.4) is 0 Å². The lowest BCUT2D eigenvalue weighted by molar-refractivity contribution is 0.0794. The summed E-state index contributed by atoms with van der Waals surface area (Å²) in [6.45, 7) is 3.86. The zero-order valence-corrected chi connectivity index (χ0v) is 10.2. The third-order valence-corrected chi connectivity index (χ3v) is 3.83. The molecule has 0 radical (unpaired) electrons. The highest BCUT2D eigenvalue weighted by molar-refractivity contribution is 5.08. The van der Waals surface area contributed by atoms with Crippen molar-refractivity contribution in [3.05, 3.63) is 17.8 Å². The SMILES string of the molecule is c1oc(C2CCOCC2)nc1C1CCCNC1. The van der Waals surface area contributed by atoms with Crippen LogP contribution in [-0.4, -0.2) is 31.3 Å². The van der Waals surface area contributed by atoms with Crippen molar-refractivity contribution < 1.29 is 9.15 Å². The summed E-state index contributed by atoms with van der Waals surface area (Å²) in [5, 5.41) is 3.42. The van der Waals surface area contributed by atoms with E-state index >= 15 is 0 Å². The Hall–Kier alpha value is -0.870. The van der Waals surface area contributed by atoms with Gasteiger partial charge in [-0.1, -0.05) is 0 Å². The molecule has 0 spiro atoms. The fraction of sp³-hybridized carbons (Fsp3) is 0.769. The summed E-state index contributed by atoms with van der Waals surface area (Å²) < 4.78 is 11.0. The molecule has 0 aromatic carbocycles. The monoisotopic (exact) mass is 236 g/mol. The van der Waals surface area contributed by atoms with Crippen LogP contribution >= 0.6 is 0 Å². The third-order valence-electron chi connectivity index (χ3n) is 3.83.